The summed E-state index contributed by atoms with van der Waals surface area (Å²) in [6, 6.07) is 9.70. The second-order valence-corrected chi connectivity index (χ2v) is 5.07. The first-order valence-electron chi connectivity index (χ1n) is 5.68. The molecule has 1 fully saturated rings. The van der Waals surface area contributed by atoms with Gasteiger partial charge in [-0.3, -0.25) is 4.79 Å². The molecule has 0 bridgehead atoms. The molecule has 0 radical (unpaired) electrons. The monoisotopic (exact) mass is 228 g/mol. The van der Waals surface area contributed by atoms with Crippen LogP contribution in [0, 0.1) is 22.7 Å². The van der Waals surface area contributed by atoms with Gasteiger partial charge in [0.1, 0.15) is 5.41 Å². The maximum atomic E-state index is 11.8. The molecule has 0 aromatic heterocycles. The van der Waals surface area contributed by atoms with E-state index in [1.54, 1.807) is 0 Å². The van der Waals surface area contributed by atoms with Crippen LogP contribution in [0.25, 0.3) is 0 Å². The van der Waals surface area contributed by atoms with Crippen LogP contribution in [0.15, 0.2) is 30.3 Å². The normalized spacial score (nSPS) is 24.4. The average molecular weight is 228 g/mol. The Morgan fingerprint density at radius 2 is 1.88 bits per heavy atom. The van der Waals surface area contributed by atoms with Gasteiger partial charge in [0.05, 0.1) is 7.11 Å². The first kappa shape index (κ1) is 11.7. The molecule has 0 heterocycles. The fraction of sp³-hybridized carbons (Fsp3) is 0.400. The maximum absolute atomic E-state index is 11.8. The van der Waals surface area contributed by atoms with Crippen LogP contribution in [0.1, 0.15) is 25.8 Å². The molecule has 0 saturated heterocycles. The molecule has 1 saturated carbocycles. The molecule has 88 valence electrons. The van der Waals surface area contributed by atoms with E-state index in [1.807, 2.05) is 44.2 Å². The molecular formula is C15H16O2. The van der Waals surface area contributed by atoms with Gasteiger partial charge in [0, 0.05) is 5.56 Å². The van der Waals surface area contributed by atoms with Gasteiger partial charge in [0.25, 0.3) is 0 Å². The van der Waals surface area contributed by atoms with Gasteiger partial charge in [-0.05, 0) is 24.0 Å². The molecular weight excluding hydrogens is 212 g/mol. The third-order valence-electron chi connectivity index (χ3n) is 3.47. The number of hydrogen-bond acceptors (Lipinski definition) is 2. The van der Waals surface area contributed by atoms with Gasteiger partial charge in [0.2, 0.25) is 0 Å². The van der Waals surface area contributed by atoms with Gasteiger partial charge in [-0.25, -0.2) is 0 Å². The van der Waals surface area contributed by atoms with E-state index < -0.39 is 5.41 Å². The molecule has 1 unspecified atom stereocenters. The quantitative estimate of drug-likeness (QED) is 0.545. The van der Waals surface area contributed by atoms with Gasteiger partial charge in [-0.2, -0.15) is 0 Å². The first-order valence-corrected chi connectivity index (χ1v) is 5.68. The molecule has 1 aromatic carbocycles. The Bertz CT molecular complexity index is 491. The van der Waals surface area contributed by atoms with Crippen LogP contribution in [0.4, 0.5) is 0 Å². The summed E-state index contributed by atoms with van der Waals surface area (Å²) in [6.45, 7) is 4.09. The number of carbonyl (C=O) groups is 1. The Labute approximate surface area is 102 Å². The molecule has 0 spiro atoms. The molecule has 1 aromatic rings. The number of benzene rings is 1. The summed E-state index contributed by atoms with van der Waals surface area (Å²) in [5.74, 6) is 5.95. The van der Waals surface area contributed by atoms with E-state index >= 15 is 0 Å². The van der Waals surface area contributed by atoms with Crippen LogP contribution < -0.4 is 0 Å². The lowest BCUT2D eigenvalue weighted by Gasteiger charge is -2.10. The summed E-state index contributed by atoms with van der Waals surface area (Å²) >= 11 is 0. The van der Waals surface area contributed by atoms with Crippen molar-refractivity contribution in [2.75, 3.05) is 7.11 Å². The van der Waals surface area contributed by atoms with Crippen LogP contribution in [0.2, 0.25) is 0 Å². The van der Waals surface area contributed by atoms with E-state index in [9.17, 15) is 4.79 Å². The van der Waals surface area contributed by atoms with Crippen molar-refractivity contribution >= 4 is 5.97 Å². The van der Waals surface area contributed by atoms with Gasteiger partial charge in [-0.15, -0.1) is 0 Å². The number of ether oxygens (including phenoxy) is 1. The van der Waals surface area contributed by atoms with Gasteiger partial charge < -0.3 is 4.74 Å². The third-order valence-corrected chi connectivity index (χ3v) is 3.47. The highest BCUT2D eigenvalue weighted by Gasteiger charge is 2.66. The molecule has 0 amide bonds. The highest BCUT2D eigenvalue weighted by Crippen LogP contribution is 2.63. The predicted molar refractivity (Wildman–Crippen MR) is 66.2 cm³/mol. The summed E-state index contributed by atoms with van der Waals surface area (Å²) in [4.78, 5) is 11.8. The summed E-state index contributed by atoms with van der Waals surface area (Å²) in [6.07, 6.45) is 0.770. The van der Waals surface area contributed by atoms with Gasteiger partial charge >= 0.3 is 5.97 Å². The lowest BCUT2D eigenvalue weighted by Crippen LogP contribution is -2.21. The SMILES string of the molecule is COC(=O)C1(C#Cc2ccccc2)CC1(C)C. The minimum absolute atomic E-state index is 0.0815. The van der Waals surface area contributed by atoms with Crippen molar-refractivity contribution in [2.24, 2.45) is 10.8 Å². The smallest absolute Gasteiger partial charge is 0.324 e. The number of carbonyl (C=O) groups excluding carboxylic acids is 1. The highest BCUT2D eigenvalue weighted by atomic mass is 16.5. The standard InChI is InChI=1S/C15H16O2/c1-14(2)11-15(14,13(16)17-3)10-9-12-7-5-4-6-8-12/h4-8H,11H2,1-3H3. The largest absolute Gasteiger partial charge is 0.468 e. The van der Waals surface area contributed by atoms with Crippen LogP contribution in [0.5, 0.6) is 0 Å². The highest BCUT2D eigenvalue weighted by molar-refractivity contribution is 5.86. The average Bonchev–Trinajstić information content (AvgIpc) is 2.90. The maximum Gasteiger partial charge on any atom is 0.324 e. The van der Waals surface area contributed by atoms with E-state index in [0.717, 1.165) is 12.0 Å². The molecule has 2 nitrogen and oxygen atoms in total. The van der Waals surface area contributed by atoms with E-state index in [4.69, 9.17) is 4.74 Å². The van der Waals surface area contributed by atoms with Gasteiger partial charge in [-0.1, -0.05) is 43.9 Å². The van der Waals surface area contributed by atoms with Crippen molar-refractivity contribution in [1.29, 1.82) is 0 Å². The molecule has 1 atom stereocenters. The van der Waals surface area contributed by atoms with Crippen LogP contribution >= 0.6 is 0 Å². The minimum Gasteiger partial charge on any atom is -0.468 e. The number of rotatable bonds is 1. The zero-order valence-electron chi connectivity index (χ0n) is 10.4. The number of methoxy groups -OCH3 is 1. The lowest BCUT2D eigenvalue weighted by atomic mass is 9.96. The molecule has 2 rings (SSSR count). The second-order valence-electron chi connectivity index (χ2n) is 5.07. The summed E-state index contributed by atoms with van der Waals surface area (Å²) in [7, 11) is 1.42. The molecule has 1 aliphatic rings. The van der Waals surface area contributed by atoms with Crippen LogP contribution in [0.3, 0.4) is 0 Å². The summed E-state index contributed by atoms with van der Waals surface area (Å²) in [5, 5.41) is 0. The Morgan fingerprint density at radius 3 is 2.35 bits per heavy atom. The Hall–Kier alpha value is -1.75. The van der Waals surface area contributed by atoms with Crippen molar-refractivity contribution in [3.63, 3.8) is 0 Å². The minimum atomic E-state index is -0.614. The zero-order valence-corrected chi connectivity index (χ0v) is 10.4. The predicted octanol–water partition coefficient (Wildman–Crippen LogP) is 2.63. The molecule has 0 N–H and O–H groups in total. The van der Waals surface area contributed by atoms with Gasteiger partial charge in [0.15, 0.2) is 0 Å². The van der Waals surface area contributed by atoms with Crippen molar-refractivity contribution in [2.45, 2.75) is 20.3 Å². The summed E-state index contributed by atoms with van der Waals surface area (Å²) < 4.78 is 4.86. The van der Waals surface area contributed by atoms with Crippen molar-refractivity contribution in [3.05, 3.63) is 35.9 Å². The van der Waals surface area contributed by atoms with E-state index in [-0.39, 0.29) is 11.4 Å². The zero-order chi connectivity index (χ0) is 12.5. The first-order chi connectivity index (χ1) is 8.02. The fourth-order valence-electron chi connectivity index (χ4n) is 2.11. The van der Waals surface area contributed by atoms with Crippen molar-refractivity contribution in [3.8, 4) is 11.8 Å². The Balaban J connectivity index is 2.29. The number of esters is 1. The molecule has 2 heteroatoms. The fourth-order valence-corrected chi connectivity index (χ4v) is 2.11. The molecule has 0 aliphatic heterocycles. The van der Waals surface area contributed by atoms with E-state index in [0.29, 0.717) is 0 Å². The van der Waals surface area contributed by atoms with Crippen LogP contribution in [-0.4, -0.2) is 13.1 Å². The van der Waals surface area contributed by atoms with Crippen LogP contribution in [-0.2, 0) is 9.53 Å². The number of hydrogen-bond donors (Lipinski definition) is 0. The van der Waals surface area contributed by atoms with Crippen molar-refractivity contribution < 1.29 is 9.53 Å². The third kappa shape index (κ3) is 1.93. The second kappa shape index (κ2) is 3.92. The lowest BCUT2D eigenvalue weighted by molar-refractivity contribution is -0.145. The molecule has 1 aliphatic carbocycles. The topological polar surface area (TPSA) is 26.3 Å². The van der Waals surface area contributed by atoms with Crippen molar-refractivity contribution in [1.82, 2.24) is 0 Å². The van der Waals surface area contributed by atoms with E-state index in [2.05, 4.69) is 11.8 Å². The summed E-state index contributed by atoms with van der Waals surface area (Å²) in [5.41, 5.74) is 0.234. The van der Waals surface area contributed by atoms with E-state index in [1.165, 1.54) is 7.11 Å². The Morgan fingerprint density at radius 1 is 1.29 bits per heavy atom. The Kier molecular flexibility index (Phi) is 2.71. The molecule has 17 heavy (non-hydrogen) atoms.